The standard InChI is InChI=1S/C26H28N2O3/c1-25(2,3)17-13-11-16(12-14-17)20(29)15-26(4)22-21(23(30)28(6)24(26)31)18-9-7-8-10-19(18)27(22)5/h7-14H,15H2,1-6H3. The first-order valence-electron chi connectivity index (χ1n) is 10.5. The van der Waals surface area contributed by atoms with Crippen molar-refractivity contribution in [1.82, 2.24) is 9.47 Å². The molecule has 1 atom stereocenters. The van der Waals surface area contributed by atoms with Crippen molar-refractivity contribution in [3.05, 3.63) is 70.9 Å². The van der Waals surface area contributed by atoms with E-state index in [1.165, 1.54) is 7.05 Å². The number of ketones is 1. The summed E-state index contributed by atoms with van der Waals surface area (Å²) in [6.07, 6.45) is -0.00448. The maximum atomic E-state index is 13.3. The predicted molar refractivity (Wildman–Crippen MR) is 121 cm³/mol. The van der Waals surface area contributed by atoms with E-state index < -0.39 is 5.41 Å². The monoisotopic (exact) mass is 416 g/mol. The van der Waals surface area contributed by atoms with Gasteiger partial charge in [0, 0.05) is 42.7 Å². The van der Waals surface area contributed by atoms with Crippen molar-refractivity contribution in [2.75, 3.05) is 7.05 Å². The van der Waals surface area contributed by atoms with Gasteiger partial charge in [-0.1, -0.05) is 63.2 Å². The summed E-state index contributed by atoms with van der Waals surface area (Å²) < 4.78 is 1.89. The maximum absolute atomic E-state index is 13.3. The van der Waals surface area contributed by atoms with Gasteiger partial charge >= 0.3 is 0 Å². The molecule has 0 fully saturated rings. The zero-order valence-electron chi connectivity index (χ0n) is 18.9. The molecule has 31 heavy (non-hydrogen) atoms. The number of hydrogen-bond donors (Lipinski definition) is 0. The molecule has 2 amide bonds. The van der Waals surface area contributed by atoms with Gasteiger partial charge in [0.2, 0.25) is 5.91 Å². The number of likely N-dealkylation sites (N-methyl/N-ethyl adjacent to an activating group) is 1. The van der Waals surface area contributed by atoms with Crippen LogP contribution in [-0.4, -0.2) is 34.1 Å². The Morgan fingerprint density at radius 1 is 0.968 bits per heavy atom. The van der Waals surface area contributed by atoms with E-state index in [4.69, 9.17) is 0 Å². The molecule has 5 heteroatoms. The minimum atomic E-state index is -1.13. The summed E-state index contributed by atoms with van der Waals surface area (Å²) in [6, 6.07) is 15.2. The smallest absolute Gasteiger partial charge is 0.262 e. The van der Waals surface area contributed by atoms with Crippen LogP contribution in [0.4, 0.5) is 0 Å². The molecule has 0 radical (unpaired) electrons. The number of amides is 2. The lowest BCUT2D eigenvalue weighted by Gasteiger charge is -2.37. The van der Waals surface area contributed by atoms with Crippen LogP contribution in [0.1, 0.15) is 66.1 Å². The Bertz CT molecular complexity index is 1230. The number of hydrogen-bond acceptors (Lipinski definition) is 3. The molecule has 1 unspecified atom stereocenters. The molecule has 160 valence electrons. The molecule has 0 bridgehead atoms. The molecule has 0 saturated carbocycles. The van der Waals surface area contributed by atoms with Crippen LogP contribution in [0.15, 0.2) is 48.5 Å². The van der Waals surface area contributed by atoms with Crippen LogP contribution in [-0.2, 0) is 22.7 Å². The number of fused-ring (bicyclic) bond motifs is 3. The van der Waals surface area contributed by atoms with E-state index in [0.717, 1.165) is 21.4 Å². The highest BCUT2D eigenvalue weighted by Crippen LogP contribution is 2.42. The van der Waals surface area contributed by atoms with Crippen LogP contribution in [0.25, 0.3) is 10.9 Å². The third kappa shape index (κ3) is 3.11. The molecule has 2 heterocycles. The van der Waals surface area contributed by atoms with Crippen LogP contribution >= 0.6 is 0 Å². The average molecular weight is 417 g/mol. The van der Waals surface area contributed by atoms with Gasteiger partial charge in [-0.15, -0.1) is 0 Å². The molecule has 1 aromatic heterocycles. The largest absolute Gasteiger partial charge is 0.346 e. The molecule has 3 aromatic rings. The summed E-state index contributed by atoms with van der Waals surface area (Å²) in [6.45, 7) is 8.15. The van der Waals surface area contributed by atoms with E-state index in [2.05, 4.69) is 20.8 Å². The SMILES string of the molecule is CN1C(=O)c2c(n(C)c3ccccc23)C(C)(CC(=O)c2ccc(C(C)(C)C)cc2)C1=O. The number of carbonyl (C=O) groups is 3. The van der Waals surface area contributed by atoms with E-state index >= 15 is 0 Å². The quantitative estimate of drug-likeness (QED) is 0.462. The minimum Gasteiger partial charge on any atom is -0.346 e. The van der Waals surface area contributed by atoms with Gasteiger partial charge in [0.25, 0.3) is 5.91 Å². The molecule has 1 aliphatic heterocycles. The van der Waals surface area contributed by atoms with E-state index in [1.54, 1.807) is 6.92 Å². The highest BCUT2D eigenvalue weighted by Gasteiger charge is 2.50. The Balaban J connectivity index is 1.81. The van der Waals surface area contributed by atoms with Gasteiger partial charge in [-0.25, -0.2) is 0 Å². The lowest BCUT2D eigenvalue weighted by Crippen LogP contribution is -2.52. The highest BCUT2D eigenvalue weighted by atomic mass is 16.2. The number of carbonyl (C=O) groups excluding carboxylic acids is 3. The van der Waals surface area contributed by atoms with Gasteiger partial charge < -0.3 is 4.57 Å². The summed E-state index contributed by atoms with van der Waals surface area (Å²) >= 11 is 0. The molecule has 5 nitrogen and oxygen atoms in total. The lowest BCUT2D eigenvalue weighted by molar-refractivity contribution is -0.133. The van der Waals surface area contributed by atoms with E-state index in [-0.39, 0.29) is 29.4 Å². The minimum absolute atomic E-state index is 0.00448. The fourth-order valence-corrected chi connectivity index (χ4v) is 4.73. The van der Waals surface area contributed by atoms with Crippen molar-refractivity contribution >= 4 is 28.5 Å². The van der Waals surface area contributed by atoms with E-state index in [1.807, 2.05) is 60.1 Å². The van der Waals surface area contributed by atoms with Crippen molar-refractivity contribution in [3.63, 3.8) is 0 Å². The number of imide groups is 1. The molecule has 0 spiro atoms. The van der Waals surface area contributed by atoms with Gasteiger partial charge in [-0.2, -0.15) is 0 Å². The molecule has 1 aliphatic rings. The van der Waals surface area contributed by atoms with Gasteiger partial charge in [-0.3, -0.25) is 19.3 Å². The van der Waals surface area contributed by atoms with Crippen LogP contribution < -0.4 is 0 Å². The zero-order valence-corrected chi connectivity index (χ0v) is 18.9. The van der Waals surface area contributed by atoms with E-state index in [0.29, 0.717) is 16.8 Å². The van der Waals surface area contributed by atoms with Gasteiger partial charge in [0.05, 0.1) is 11.0 Å². The summed E-state index contributed by atoms with van der Waals surface area (Å²) in [4.78, 5) is 40.8. The van der Waals surface area contributed by atoms with Crippen LogP contribution in [0.3, 0.4) is 0 Å². The second-order valence-corrected chi connectivity index (χ2v) is 9.73. The summed E-state index contributed by atoms with van der Waals surface area (Å²) in [5.74, 6) is -0.790. The number of rotatable bonds is 3. The molecule has 4 rings (SSSR count). The third-order valence-electron chi connectivity index (χ3n) is 6.51. The van der Waals surface area contributed by atoms with Crippen LogP contribution in [0.2, 0.25) is 0 Å². The Hall–Kier alpha value is -3.21. The highest BCUT2D eigenvalue weighted by molar-refractivity contribution is 6.20. The molecular formula is C26H28N2O3. The number of benzene rings is 2. The lowest BCUT2D eigenvalue weighted by atomic mass is 9.74. The van der Waals surface area contributed by atoms with Gasteiger partial charge in [0.1, 0.15) is 0 Å². The number of aromatic nitrogens is 1. The first-order chi connectivity index (χ1) is 14.5. The Kier molecular flexibility index (Phi) is 4.69. The maximum Gasteiger partial charge on any atom is 0.262 e. The molecule has 2 aromatic carbocycles. The normalized spacial score (nSPS) is 19.1. The van der Waals surface area contributed by atoms with Crippen molar-refractivity contribution < 1.29 is 14.4 Å². The first kappa shape index (κ1) is 21.0. The summed E-state index contributed by atoms with van der Waals surface area (Å²) in [5.41, 5.74) is 2.57. The van der Waals surface area contributed by atoms with Crippen LogP contribution in [0.5, 0.6) is 0 Å². The van der Waals surface area contributed by atoms with Gasteiger partial charge in [-0.05, 0) is 24.0 Å². The van der Waals surface area contributed by atoms with Crippen LogP contribution in [0, 0.1) is 0 Å². The summed E-state index contributed by atoms with van der Waals surface area (Å²) in [5, 5.41) is 0.803. The predicted octanol–water partition coefficient (Wildman–Crippen LogP) is 4.62. The Labute approximate surface area is 182 Å². The second kappa shape index (κ2) is 6.91. The molecule has 0 aliphatic carbocycles. The Morgan fingerprint density at radius 2 is 1.58 bits per heavy atom. The van der Waals surface area contributed by atoms with Gasteiger partial charge in [0.15, 0.2) is 5.78 Å². The second-order valence-electron chi connectivity index (χ2n) is 9.73. The topological polar surface area (TPSA) is 59.4 Å². The third-order valence-corrected chi connectivity index (χ3v) is 6.51. The number of para-hydroxylation sites is 1. The van der Waals surface area contributed by atoms with Crippen molar-refractivity contribution in [3.8, 4) is 0 Å². The molecular weight excluding hydrogens is 388 g/mol. The van der Waals surface area contributed by atoms with E-state index in [9.17, 15) is 14.4 Å². The molecule has 0 saturated heterocycles. The fourth-order valence-electron chi connectivity index (χ4n) is 4.73. The Morgan fingerprint density at radius 3 is 2.19 bits per heavy atom. The zero-order chi connectivity index (χ0) is 22.7. The van der Waals surface area contributed by atoms with Crippen molar-refractivity contribution in [2.45, 2.75) is 44.9 Å². The van der Waals surface area contributed by atoms with Crippen molar-refractivity contribution in [2.24, 2.45) is 7.05 Å². The number of aryl methyl sites for hydroxylation is 1. The fraction of sp³-hybridized carbons (Fsp3) is 0.346. The van der Waals surface area contributed by atoms with Crippen molar-refractivity contribution in [1.29, 1.82) is 0 Å². The average Bonchev–Trinajstić information content (AvgIpc) is 3.04. The first-order valence-corrected chi connectivity index (χ1v) is 10.5. The number of Topliss-reactive ketones (excluding diaryl/α,β-unsaturated/α-hetero) is 1. The summed E-state index contributed by atoms with van der Waals surface area (Å²) in [7, 11) is 3.35. The number of nitrogens with zero attached hydrogens (tertiary/aromatic N) is 2. The molecule has 0 N–H and O–H groups in total.